The van der Waals surface area contributed by atoms with Crippen molar-refractivity contribution in [2.45, 2.75) is 23.4 Å². The molecule has 0 bridgehead atoms. The fourth-order valence-corrected chi connectivity index (χ4v) is 3.16. The van der Waals surface area contributed by atoms with Gasteiger partial charge < -0.3 is 0 Å². The Bertz CT molecular complexity index is 617. The predicted molar refractivity (Wildman–Crippen MR) is 76.9 cm³/mol. The summed E-state index contributed by atoms with van der Waals surface area (Å²) >= 11 is 2.69. The standard InChI is InChI=1S/C12H13FN4OS2/c1-2-10-15-12(20-17-10)19-6-8-5-7(11(18)16-14)3-4-9(8)13/h3-5H,2,6,14H2,1H3,(H,16,18). The van der Waals surface area contributed by atoms with Crippen molar-refractivity contribution in [3.63, 3.8) is 0 Å². The van der Waals surface area contributed by atoms with Gasteiger partial charge in [-0.2, -0.15) is 4.37 Å². The molecule has 2 aromatic rings. The Morgan fingerprint density at radius 1 is 1.55 bits per heavy atom. The number of amides is 1. The highest BCUT2D eigenvalue weighted by Gasteiger charge is 2.10. The van der Waals surface area contributed by atoms with Crippen LogP contribution in [0.2, 0.25) is 0 Å². The molecular weight excluding hydrogens is 299 g/mol. The minimum atomic E-state index is -0.444. The van der Waals surface area contributed by atoms with E-state index in [4.69, 9.17) is 5.84 Å². The quantitative estimate of drug-likeness (QED) is 0.383. The summed E-state index contributed by atoms with van der Waals surface area (Å²) in [5.41, 5.74) is 2.79. The van der Waals surface area contributed by atoms with Gasteiger partial charge in [-0.15, -0.1) is 0 Å². The van der Waals surface area contributed by atoms with Crippen LogP contribution in [0.15, 0.2) is 22.5 Å². The number of nitrogens with zero attached hydrogens (tertiary/aromatic N) is 2. The molecule has 0 radical (unpaired) electrons. The maximum Gasteiger partial charge on any atom is 0.265 e. The summed E-state index contributed by atoms with van der Waals surface area (Å²) in [6.45, 7) is 1.98. The third-order valence-corrected chi connectivity index (χ3v) is 4.48. The topological polar surface area (TPSA) is 80.9 Å². The SMILES string of the molecule is CCc1nsc(SCc2cc(C(=O)NN)ccc2F)n1. The summed E-state index contributed by atoms with van der Waals surface area (Å²) in [5.74, 6) is 5.43. The van der Waals surface area contributed by atoms with Crippen LogP contribution in [-0.4, -0.2) is 15.3 Å². The number of hydrogen-bond acceptors (Lipinski definition) is 6. The number of aromatic nitrogens is 2. The number of aryl methyl sites for hydroxylation is 1. The van der Waals surface area contributed by atoms with Gasteiger partial charge in [-0.3, -0.25) is 10.2 Å². The molecule has 0 aliphatic carbocycles. The average Bonchev–Trinajstić information content (AvgIpc) is 2.93. The van der Waals surface area contributed by atoms with Gasteiger partial charge in [0.1, 0.15) is 11.6 Å². The molecule has 2 rings (SSSR count). The van der Waals surface area contributed by atoms with Gasteiger partial charge in [0.25, 0.3) is 5.91 Å². The van der Waals surface area contributed by atoms with E-state index in [0.29, 0.717) is 16.9 Å². The van der Waals surface area contributed by atoms with E-state index in [-0.39, 0.29) is 5.82 Å². The number of benzene rings is 1. The highest BCUT2D eigenvalue weighted by molar-refractivity contribution is 8.00. The van der Waals surface area contributed by atoms with Gasteiger partial charge in [-0.1, -0.05) is 18.7 Å². The van der Waals surface area contributed by atoms with Crippen molar-refractivity contribution in [2.24, 2.45) is 5.84 Å². The van der Waals surface area contributed by atoms with Crippen LogP contribution in [0.1, 0.15) is 28.7 Å². The van der Waals surface area contributed by atoms with Gasteiger partial charge in [0, 0.05) is 17.7 Å². The summed E-state index contributed by atoms with van der Waals surface area (Å²) in [4.78, 5) is 15.7. The Balaban J connectivity index is 2.10. The van der Waals surface area contributed by atoms with Gasteiger partial charge in [0.15, 0.2) is 4.34 Å². The lowest BCUT2D eigenvalue weighted by Crippen LogP contribution is -2.30. The second-order valence-corrected chi connectivity index (χ2v) is 5.87. The van der Waals surface area contributed by atoms with E-state index in [1.54, 1.807) is 0 Å². The molecule has 0 atom stereocenters. The molecule has 5 nitrogen and oxygen atoms in total. The third kappa shape index (κ3) is 3.53. The lowest BCUT2D eigenvalue weighted by Gasteiger charge is -2.05. The summed E-state index contributed by atoms with van der Waals surface area (Å²) in [6, 6.07) is 4.15. The normalized spacial score (nSPS) is 10.6. The molecule has 106 valence electrons. The number of halogens is 1. The smallest absolute Gasteiger partial charge is 0.265 e. The van der Waals surface area contributed by atoms with Gasteiger partial charge in [0.05, 0.1) is 0 Å². The summed E-state index contributed by atoms with van der Waals surface area (Å²) in [5, 5.41) is 0. The third-order valence-electron chi connectivity index (χ3n) is 2.56. The summed E-state index contributed by atoms with van der Waals surface area (Å²) < 4.78 is 18.7. The number of carbonyl (C=O) groups excluding carboxylic acids is 1. The van der Waals surface area contributed by atoms with E-state index in [0.717, 1.165) is 16.6 Å². The van der Waals surface area contributed by atoms with Crippen molar-refractivity contribution >= 4 is 29.2 Å². The number of nitrogen functional groups attached to an aromatic ring is 1. The highest BCUT2D eigenvalue weighted by atomic mass is 32.2. The van der Waals surface area contributed by atoms with Crippen LogP contribution < -0.4 is 11.3 Å². The number of carbonyl (C=O) groups is 1. The van der Waals surface area contributed by atoms with E-state index in [1.165, 1.54) is 41.5 Å². The first-order valence-corrected chi connectivity index (χ1v) is 7.64. The van der Waals surface area contributed by atoms with Crippen molar-refractivity contribution in [2.75, 3.05) is 0 Å². The minimum absolute atomic E-state index is 0.330. The van der Waals surface area contributed by atoms with E-state index in [2.05, 4.69) is 9.36 Å². The molecule has 1 heterocycles. The molecular formula is C12H13FN4OS2. The van der Waals surface area contributed by atoms with Crippen LogP contribution in [0.25, 0.3) is 0 Å². The van der Waals surface area contributed by atoms with Crippen molar-refractivity contribution in [3.8, 4) is 0 Å². The molecule has 0 saturated heterocycles. The molecule has 0 aliphatic heterocycles. The van der Waals surface area contributed by atoms with Crippen LogP contribution in [0.5, 0.6) is 0 Å². The maximum absolute atomic E-state index is 13.7. The first-order valence-electron chi connectivity index (χ1n) is 5.88. The zero-order valence-electron chi connectivity index (χ0n) is 10.7. The Labute approximate surface area is 123 Å². The van der Waals surface area contributed by atoms with Crippen LogP contribution >= 0.6 is 23.3 Å². The average molecular weight is 312 g/mol. The van der Waals surface area contributed by atoms with Crippen molar-refractivity contribution in [1.82, 2.24) is 14.8 Å². The van der Waals surface area contributed by atoms with Gasteiger partial charge in [-0.25, -0.2) is 15.2 Å². The molecule has 0 aliphatic rings. The zero-order chi connectivity index (χ0) is 14.5. The Morgan fingerprint density at radius 2 is 2.35 bits per heavy atom. The maximum atomic E-state index is 13.7. The number of hydrazine groups is 1. The molecule has 1 aromatic carbocycles. The molecule has 0 unspecified atom stereocenters. The van der Waals surface area contributed by atoms with Crippen molar-refractivity contribution in [1.29, 1.82) is 0 Å². The van der Waals surface area contributed by atoms with E-state index in [9.17, 15) is 9.18 Å². The number of rotatable bonds is 5. The predicted octanol–water partition coefficient (Wildman–Crippen LogP) is 2.14. The van der Waals surface area contributed by atoms with Crippen LogP contribution in [-0.2, 0) is 12.2 Å². The van der Waals surface area contributed by atoms with E-state index >= 15 is 0 Å². The number of hydrogen-bond donors (Lipinski definition) is 2. The van der Waals surface area contributed by atoms with Crippen molar-refractivity contribution in [3.05, 3.63) is 41.0 Å². The fraction of sp³-hybridized carbons (Fsp3) is 0.250. The lowest BCUT2D eigenvalue weighted by molar-refractivity contribution is 0.0953. The van der Waals surface area contributed by atoms with Crippen molar-refractivity contribution < 1.29 is 9.18 Å². The molecule has 0 fully saturated rings. The molecule has 1 aromatic heterocycles. The number of thioether (sulfide) groups is 1. The van der Waals surface area contributed by atoms with Gasteiger partial charge in [0.2, 0.25) is 0 Å². The first kappa shape index (κ1) is 14.9. The fourth-order valence-electron chi connectivity index (χ4n) is 1.49. The number of nitrogens with one attached hydrogen (secondary N) is 1. The highest BCUT2D eigenvalue weighted by Crippen LogP contribution is 2.26. The largest absolute Gasteiger partial charge is 0.290 e. The molecule has 0 saturated carbocycles. The summed E-state index contributed by atoms with van der Waals surface area (Å²) in [7, 11) is 0. The van der Waals surface area contributed by atoms with E-state index < -0.39 is 5.91 Å². The molecule has 3 N–H and O–H groups in total. The second-order valence-electron chi connectivity index (χ2n) is 3.90. The van der Waals surface area contributed by atoms with Crippen LogP contribution in [0.4, 0.5) is 4.39 Å². The molecule has 0 spiro atoms. The lowest BCUT2D eigenvalue weighted by atomic mass is 10.1. The Kier molecular flexibility index (Phi) is 5.05. The number of nitrogens with two attached hydrogens (primary N) is 1. The second kappa shape index (κ2) is 6.78. The zero-order valence-corrected chi connectivity index (χ0v) is 12.4. The summed E-state index contributed by atoms with van der Waals surface area (Å²) in [6.07, 6.45) is 0.775. The van der Waals surface area contributed by atoms with Crippen LogP contribution in [0, 0.1) is 5.82 Å². The first-order chi connectivity index (χ1) is 9.63. The monoisotopic (exact) mass is 312 g/mol. The van der Waals surface area contributed by atoms with Crippen LogP contribution in [0.3, 0.4) is 0 Å². The van der Waals surface area contributed by atoms with Gasteiger partial charge in [-0.05, 0) is 35.3 Å². The minimum Gasteiger partial charge on any atom is -0.290 e. The van der Waals surface area contributed by atoms with E-state index in [1.807, 2.05) is 12.3 Å². The molecule has 20 heavy (non-hydrogen) atoms. The molecule has 8 heteroatoms. The molecule has 1 amide bonds. The Morgan fingerprint density at radius 3 is 3.00 bits per heavy atom. The van der Waals surface area contributed by atoms with Gasteiger partial charge >= 0.3 is 0 Å². The Hall–Kier alpha value is -1.51.